The third-order valence-corrected chi connectivity index (χ3v) is 2.50. The zero-order chi connectivity index (χ0) is 11.5. The number of carbonyl (C=O) groups excluding carboxylic acids is 1. The molecule has 0 aliphatic carbocycles. The number of amides is 1. The van der Waals surface area contributed by atoms with Crippen LogP contribution in [0.3, 0.4) is 0 Å². The van der Waals surface area contributed by atoms with Crippen molar-refractivity contribution < 1.29 is 14.3 Å². The highest BCUT2D eigenvalue weighted by Gasteiger charge is 2.19. The third kappa shape index (κ3) is 1.88. The lowest BCUT2D eigenvalue weighted by Gasteiger charge is -2.18. The van der Waals surface area contributed by atoms with Gasteiger partial charge in [0.05, 0.1) is 19.9 Å². The standard InChI is InChI=1S/C11H14N2O3/c1-15-9-4-3-8(7-10(9)16-2)13-6-5-11(14)12-13/h3-4,7H,5-6H2,1-2H3,(H,12,14). The van der Waals surface area contributed by atoms with E-state index in [1.165, 1.54) is 0 Å². The van der Waals surface area contributed by atoms with Gasteiger partial charge in [-0.05, 0) is 12.1 Å². The van der Waals surface area contributed by atoms with Crippen LogP contribution in [0.5, 0.6) is 11.5 Å². The molecule has 16 heavy (non-hydrogen) atoms. The smallest absolute Gasteiger partial charge is 0.240 e. The van der Waals surface area contributed by atoms with Crippen molar-refractivity contribution in [1.29, 1.82) is 0 Å². The van der Waals surface area contributed by atoms with Crippen molar-refractivity contribution in [3.63, 3.8) is 0 Å². The average Bonchev–Trinajstić information content (AvgIpc) is 2.75. The predicted molar refractivity (Wildman–Crippen MR) is 59.7 cm³/mol. The molecular weight excluding hydrogens is 208 g/mol. The van der Waals surface area contributed by atoms with Crippen molar-refractivity contribution >= 4 is 11.6 Å². The van der Waals surface area contributed by atoms with Gasteiger partial charge in [0.25, 0.3) is 0 Å². The van der Waals surface area contributed by atoms with Gasteiger partial charge in [0, 0.05) is 19.0 Å². The van der Waals surface area contributed by atoms with E-state index in [1.807, 2.05) is 18.2 Å². The molecule has 1 aliphatic heterocycles. The second kappa shape index (κ2) is 4.30. The van der Waals surface area contributed by atoms with Crippen LogP contribution in [0, 0.1) is 0 Å². The van der Waals surface area contributed by atoms with Crippen LogP contribution in [0.25, 0.3) is 0 Å². The number of nitrogens with zero attached hydrogens (tertiary/aromatic N) is 1. The highest BCUT2D eigenvalue weighted by molar-refractivity contribution is 5.81. The maximum absolute atomic E-state index is 11.1. The Balaban J connectivity index is 2.25. The van der Waals surface area contributed by atoms with E-state index in [9.17, 15) is 4.79 Å². The molecule has 0 radical (unpaired) electrons. The number of rotatable bonds is 3. The Kier molecular flexibility index (Phi) is 2.85. The zero-order valence-electron chi connectivity index (χ0n) is 9.32. The highest BCUT2D eigenvalue weighted by atomic mass is 16.5. The summed E-state index contributed by atoms with van der Waals surface area (Å²) in [6.07, 6.45) is 0.522. The lowest BCUT2D eigenvalue weighted by atomic mass is 10.2. The largest absolute Gasteiger partial charge is 0.493 e. The van der Waals surface area contributed by atoms with Crippen LogP contribution in [0.1, 0.15) is 6.42 Å². The van der Waals surface area contributed by atoms with E-state index in [2.05, 4.69) is 5.43 Å². The summed E-state index contributed by atoms with van der Waals surface area (Å²) in [5, 5.41) is 1.80. The summed E-state index contributed by atoms with van der Waals surface area (Å²) in [5.74, 6) is 1.37. The summed E-state index contributed by atoms with van der Waals surface area (Å²) in [7, 11) is 3.18. The molecule has 1 aliphatic rings. The highest BCUT2D eigenvalue weighted by Crippen LogP contribution is 2.31. The molecule has 1 aromatic carbocycles. The van der Waals surface area contributed by atoms with Gasteiger partial charge in [-0.1, -0.05) is 0 Å². The monoisotopic (exact) mass is 222 g/mol. The molecule has 0 bridgehead atoms. The van der Waals surface area contributed by atoms with E-state index in [4.69, 9.17) is 9.47 Å². The molecule has 86 valence electrons. The van der Waals surface area contributed by atoms with Gasteiger partial charge in [0.1, 0.15) is 0 Å². The molecule has 1 fully saturated rings. The van der Waals surface area contributed by atoms with Gasteiger partial charge >= 0.3 is 0 Å². The Bertz CT molecular complexity index is 406. The fourth-order valence-electron chi connectivity index (χ4n) is 1.66. The first-order valence-corrected chi connectivity index (χ1v) is 5.03. The molecule has 0 spiro atoms. The molecule has 1 N–H and O–H groups in total. The zero-order valence-corrected chi connectivity index (χ0v) is 9.32. The molecule has 0 saturated carbocycles. The Morgan fingerprint density at radius 3 is 2.56 bits per heavy atom. The summed E-state index contributed by atoms with van der Waals surface area (Å²) in [6.45, 7) is 0.675. The van der Waals surface area contributed by atoms with Crippen molar-refractivity contribution in [2.45, 2.75) is 6.42 Å². The van der Waals surface area contributed by atoms with Gasteiger partial charge in [-0.15, -0.1) is 0 Å². The lowest BCUT2D eigenvalue weighted by molar-refractivity contribution is -0.119. The maximum Gasteiger partial charge on any atom is 0.240 e. The number of methoxy groups -OCH3 is 2. The van der Waals surface area contributed by atoms with Gasteiger partial charge in [0.2, 0.25) is 5.91 Å². The quantitative estimate of drug-likeness (QED) is 0.827. The SMILES string of the molecule is COc1ccc(N2CCC(=O)N2)cc1OC. The summed E-state index contributed by atoms with van der Waals surface area (Å²) in [6, 6.07) is 5.54. The summed E-state index contributed by atoms with van der Waals surface area (Å²) in [4.78, 5) is 11.1. The Morgan fingerprint density at radius 1 is 1.25 bits per heavy atom. The molecule has 5 heteroatoms. The average molecular weight is 222 g/mol. The topological polar surface area (TPSA) is 50.8 Å². The number of carbonyl (C=O) groups is 1. The van der Waals surface area contributed by atoms with Crippen LogP contribution in [-0.4, -0.2) is 26.7 Å². The number of nitrogens with one attached hydrogen (secondary N) is 1. The predicted octanol–water partition coefficient (Wildman–Crippen LogP) is 0.945. The fourth-order valence-corrected chi connectivity index (χ4v) is 1.66. The molecule has 1 aromatic rings. The van der Waals surface area contributed by atoms with Crippen molar-refractivity contribution in [1.82, 2.24) is 5.43 Å². The second-order valence-corrected chi connectivity index (χ2v) is 3.48. The number of benzene rings is 1. The van der Waals surface area contributed by atoms with E-state index >= 15 is 0 Å². The lowest BCUT2D eigenvalue weighted by Crippen LogP contribution is -2.32. The van der Waals surface area contributed by atoms with E-state index in [-0.39, 0.29) is 5.91 Å². The van der Waals surface area contributed by atoms with E-state index < -0.39 is 0 Å². The number of ether oxygens (including phenoxy) is 2. The van der Waals surface area contributed by atoms with Crippen molar-refractivity contribution in [2.75, 3.05) is 25.8 Å². The first-order chi connectivity index (χ1) is 7.74. The molecule has 2 rings (SSSR count). The normalized spacial score (nSPS) is 14.9. The Hall–Kier alpha value is -1.91. The van der Waals surface area contributed by atoms with Crippen LogP contribution in [0.4, 0.5) is 5.69 Å². The van der Waals surface area contributed by atoms with Crippen LogP contribution < -0.4 is 19.9 Å². The molecule has 0 aromatic heterocycles. The summed E-state index contributed by atoms with van der Waals surface area (Å²) < 4.78 is 10.3. The molecule has 1 saturated heterocycles. The minimum absolute atomic E-state index is 0.0368. The first-order valence-electron chi connectivity index (χ1n) is 5.03. The minimum atomic E-state index is 0.0368. The van der Waals surface area contributed by atoms with Gasteiger partial charge < -0.3 is 9.47 Å². The Labute approximate surface area is 93.9 Å². The van der Waals surface area contributed by atoms with Crippen LogP contribution >= 0.6 is 0 Å². The number of hydrogen-bond acceptors (Lipinski definition) is 4. The first kappa shape index (κ1) is 10.6. The van der Waals surface area contributed by atoms with E-state index in [1.54, 1.807) is 19.2 Å². The Morgan fingerprint density at radius 2 is 2.00 bits per heavy atom. The number of hydrazine groups is 1. The van der Waals surface area contributed by atoms with Crippen LogP contribution in [-0.2, 0) is 4.79 Å². The number of hydrogen-bond donors (Lipinski definition) is 1. The molecule has 1 amide bonds. The molecule has 0 atom stereocenters. The maximum atomic E-state index is 11.1. The molecular formula is C11H14N2O3. The van der Waals surface area contributed by atoms with Crippen molar-refractivity contribution in [2.24, 2.45) is 0 Å². The summed E-state index contributed by atoms with van der Waals surface area (Å²) >= 11 is 0. The number of anilines is 1. The molecule has 0 unspecified atom stereocenters. The van der Waals surface area contributed by atoms with E-state index in [0.717, 1.165) is 5.69 Å². The third-order valence-electron chi connectivity index (χ3n) is 2.50. The van der Waals surface area contributed by atoms with Crippen molar-refractivity contribution in [3.05, 3.63) is 18.2 Å². The molecule has 1 heterocycles. The van der Waals surface area contributed by atoms with Crippen molar-refractivity contribution in [3.8, 4) is 11.5 Å². The second-order valence-electron chi connectivity index (χ2n) is 3.48. The van der Waals surface area contributed by atoms with Gasteiger partial charge in [-0.3, -0.25) is 15.2 Å². The van der Waals surface area contributed by atoms with Crippen LogP contribution in [0.15, 0.2) is 18.2 Å². The molecule has 5 nitrogen and oxygen atoms in total. The minimum Gasteiger partial charge on any atom is -0.493 e. The van der Waals surface area contributed by atoms with Gasteiger partial charge in [-0.25, -0.2) is 0 Å². The van der Waals surface area contributed by atoms with Gasteiger partial charge in [-0.2, -0.15) is 0 Å². The van der Waals surface area contributed by atoms with Crippen LogP contribution in [0.2, 0.25) is 0 Å². The van der Waals surface area contributed by atoms with Gasteiger partial charge in [0.15, 0.2) is 11.5 Å². The fraction of sp³-hybridized carbons (Fsp3) is 0.364. The van der Waals surface area contributed by atoms with E-state index in [0.29, 0.717) is 24.5 Å². The summed E-state index contributed by atoms with van der Waals surface area (Å²) in [5.41, 5.74) is 3.65.